The van der Waals surface area contributed by atoms with E-state index in [-0.39, 0.29) is 0 Å². The highest BCUT2D eigenvalue weighted by atomic mass is 32.1. The summed E-state index contributed by atoms with van der Waals surface area (Å²) in [5.74, 6) is 0.997. The van der Waals surface area contributed by atoms with E-state index < -0.39 is 0 Å². The molecule has 0 fully saturated rings. The molecule has 114 valence electrons. The SMILES string of the molecule is Cc1ncsc1CCN(C)c1ccc(Cn2ccnc2)cn1. The van der Waals surface area contributed by atoms with E-state index in [9.17, 15) is 0 Å². The summed E-state index contributed by atoms with van der Waals surface area (Å²) in [5.41, 5.74) is 4.23. The van der Waals surface area contributed by atoms with Crippen LogP contribution in [0.5, 0.6) is 0 Å². The number of hydrogen-bond donors (Lipinski definition) is 0. The van der Waals surface area contributed by atoms with Gasteiger partial charge in [0.15, 0.2) is 0 Å². The number of nitrogens with zero attached hydrogens (tertiary/aromatic N) is 5. The largest absolute Gasteiger partial charge is 0.359 e. The van der Waals surface area contributed by atoms with Crippen LogP contribution in [0.25, 0.3) is 0 Å². The van der Waals surface area contributed by atoms with Crippen LogP contribution in [0.2, 0.25) is 0 Å². The molecule has 0 bridgehead atoms. The lowest BCUT2D eigenvalue weighted by Gasteiger charge is -2.18. The van der Waals surface area contributed by atoms with Crippen molar-refractivity contribution in [3.8, 4) is 0 Å². The summed E-state index contributed by atoms with van der Waals surface area (Å²) in [7, 11) is 2.08. The normalized spacial score (nSPS) is 10.8. The molecule has 0 aliphatic heterocycles. The number of rotatable bonds is 6. The number of aryl methyl sites for hydroxylation is 1. The third kappa shape index (κ3) is 3.51. The van der Waals surface area contributed by atoms with Crippen LogP contribution in [-0.4, -0.2) is 33.1 Å². The topological polar surface area (TPSA) is 46.8 Å². The molecule has 3 rings (SSSR count). The molecule has 0 N–H and O–H groups in total. The molecule has 0 unspecified atom stereocenters. The van der Waals surface area contributed by atoms with Gasteiger partial charge in [-0.1, -0.05) is 6.07 Å². The van der Waals surface area contributed by atoms with Crippen molar-refractivity contribution in [2.24, 2.45) is 0 Å². The second-order valence-electron chi connectivity index (χ2n) is 5.29. The number of aromatic nitrogens is 4. The summed E-state index contributed by atoms with van der Waals surface area (Å²) in [5, 5.41) is 0. The highest BCUT2D eigenvalue weighted by Gasteiger charge is 2.06. The Morgan fingerprint density at radius 1 is 1.27 bits per heavy atom. The third-order valence-electron chi connectivity index (χ3n) is 3.64. The average Bonchev–Trinajstić information content (AvgIpc) is 3.17. The minimum atomic E-state index is 0.803. The summed E-state index contributed by atoms with van der Waals surface area (Å²) in [6, 6.07) is 4.20. The first-order chi connectivity index (χ1) is 10.7. The highest BCUT2D eigenvalue weighted by molar-refractivity contribution is 7.09. The van der Waals surface area contributed by atoms with E-state index in [4.69, 9.17) is 0 Å². The van der Waals surface area contributed by atoms with Gasteiger partial charge < -0.3 is 9.47 Å². The smallest absolute Gasteiger partial charge is 0.128 e. The molecule has 0 saturated carbocycles. The molecule has 5 nitrogen and oxygen atoms in total. The maximum atomic E-state index is 4.56. The average molecular weight is 313 g/mol. The fourth-order valence-corrected chi connectivity index (χ4v) is 3.05. The molecule has 0 amide bonds. The number of thiazole rings is 1. The molecule has 0 aliphatic carbocycles. The zero-order valence-electron chi connectivity index (χ0n) is 12.8. The predicted octanol–water partition coefficient (Wildman–Crippen LogP) is 2.77. The van der Waals surface area contributed by atoms with Gasteiger partial charge in [-0.05, 0) is 18.6 Å². The van der Waals surface area contributed by atoms with Gasteiger partial charge in [-0.15, -0.1) is 11.3 Å². The molecular weight excluding hydrogens is 294 g/mol. The fourth-order valence-electron chi connectivity index (χ4n) is 2.28. The summed E-state index contributed by atoms with van der Waals surface area (Å²) >= 11 is 1.72. The first kappa shape index (κ1) is 14.7. The molecule has 0 saturated heterocycles. The molecule has 0 aromatic carbocycles. The van der Waals surface area contributed by atoms with Crippen LogP contribution in [0.3, 0.4) is 0 Å². The Labute approximate surface area is 134 Å². The van der Waals surface area contributed by atoms with Crippen LogP contribution >= 0.6 is 11.3 Å². The monoisotopic (exact) mass is 313 g/mol. The van der Waals surface area contributed by atoms with Gasteiger partial charge in [0.2, 0.25) is 0 Å². The van der Waals surface area contributed by atoms with Gasteiger partial charge in [0.05, 0.1) is 17.5 Å². The van der Waals surface area contributed by atoms with Gasteiger partial charge >= 0.3 is 0 Å². The van der Waals surface area contributed by atoms with Crippen molar-refractivity contribution in [1.82, 2.24) is 19.5 Å². The number of likely N-dealkylation sites (N-methyl/N-ethyl adjacent to an activating group) is 1. The summed E-state index contributed by atoms with van der Waals surface area (Å²) < 4.78 is 2.03. The molecule has 0 spiro atoms. The van der Waals surface area contributed by atoms with Gasteiger partial charge in [-0.25, -0.2) is 15.0 Å². The number of hydrogen-bond acceptors (Lipinski definition) is 5. The van der Waals surface area contributed by atoms with Crippen molar-refractivity contribution in [3.05, 3.63) is 58.7 Å². The molecule has 6 heteroatoms. The Kier molecular flexibility index (Phi) is 4.48. The van der Waals surface area contributed by atoms with Crippen molar-refractivity contribution < 1.29 is 0 Å². The quantitative estimate of drug-likeness (QED) is 0.702. The lowest BCUT2D eigenvalue weighted by molar-refractivity contribution is 0.790. The molecule has 22 heavy (non-hydrogen) atoms. The Balaban J connectivity index is 1.58. The number of anilines is 1. The van der Waals surface area contributed by atoms with E-state index in [2.05, 4.69) is 46.0 Å². The highest BCUT2D eigenvalue weighted by Crippen LogP contribution is 2.15. The van der Waals surface area contributed by atoms with E-state index in [1.165, 1.54) is 10.4 Å². The summed E-state index contributed by atoms with van der Waals surface area (Å²) in [4.78, 5) is 16.4. The standard InChI is InChI=1S/C16H19N5S/c1-13-15(22-12-19-13)5-7-20(2)16-4-3-14(9-18-16)10-21-8-6-17-11-21/h3-4,6,8-9,11-12H,5,7,10H2,1-2H3. The van der Waals surface area contributed by atoms with Gasteiger partial charge in [0.1, 0.15) is 5.82 Å². The lowest BCUT2D eigenvalue weighted by atomic mass is 10.2. The van der Waals surface area contributed by atoms with Gasteiger partial charge in [0, 0.05) is 50.0 Å². The third-order valence-corrected chi connectivity index (χ3v) is 4.64. The van der Waals surface area contributed by atoms with Crippen LogP contribution in [-0.2, 0) is 13.0 Å². The van der Waals surface area contributed by atoms with Crippen LogP contribution in [0.15, 0.2) is 42.6 Å². The molecule has 3 aromatic rings. The Hall–Kier alpha value is -2.21. The second kappa shape index (κ2) is 6.70. The zero-order chi connectivity index (χ0) is 15.4. The van der Waals surface area contributed by atoms with E-state index in [0.29, 0.717) is 0 Å². The van der Waals surface area contributed by atoms with Gasteiger partial charge in [-0.2, -0.15) is 0 Å². The van der Waals surface area contributed by atoms with Crippen LogP contribution < -0.4 is 4.90 Å². The second-order valence-corrected chi connectivity index (χ2v) is 6.23. The van der Waals surface area contributed by atoms with Crippen LogP contribution in [0, 0.1) is 6.92 Å². The Bertz CT molecular complexity index is 702. The van der Waals surface area contributed by atoms with E-state index in [1.54, 1.807) is 17.5 Å². The van der Waals surface area contributed by atoms with Crippen LogP contribution in [0.4, 0.5) is 5.82 Å². The molecule has 3 heterocycles. The zero-order valence-corrected chi connectivity index (χ0v) is 13.6. The number of imidazole rings is 1. The molecule has 0 aliphatic rings. The van der Waals surface area contributed by atoms with Gasteiger partial charge in [-0.3, -0.25) is 0 Å². The molecule has 0 radical (unpaired) electrons. The molecular formula is C16H19N5S. The van der Waals surface area contributed by atoms with E-state index in [1.807, 2.05) is 28.8 Å². The Morgan fingerprint density at radius 3 is 2.82 bits per heavy atom. The van der Waals surface area contributed by atoms with Gasteiger partial charge in [0.25, 0.3) is 0 Å². The maximum Gasteiger partial charge on any atom is 0.128 e. The molecule has 0 atom stereocenters. The maximum absolute atomic E-state index is 4.56. The summed E-state index contributed by atoms with van der Waals surface area (Å²) in [6.07, 6.45) is 8.50. The minimum absolute atomic E-state index is 0.803. The number of pyridine rings is 1. The predicted molar refractivity (Wildman–Crippen MR) is 89.4 cm³/mol. The first-order valence-corrected chi connectivity index (χ1v) is 8.11. The van der Waals surface area contributed by atoms with Crippen molar-refractivity contribution in [1.29, 1.82) is 0 Å². The van der Waals surface area contributed by atoms with E-state index in [0.717, 1.165) is 31.0 Å². The van der Waals surface area contributed by atoms with Crippen molar-refractivity contribution >= 4 is 17.2 Å². The molecule has 3 aromatic heterocycles. The van der Waals surface area contributed by atoms with Crippen molar-refractivity contribution in [3.63, 3.8) is 0 Å². The minimum Gasteiger partial charge on any atom is -0.359 e. The van der Waals surface area contributed by atoms with Crippen LogP contribution in [0.1, 0.15) is 16.1 Å². The fraction of sp³-hybridized carbons (Fsp3) is 0.312. The first-order valence-electron chi connectivity index (χ1n) is 7.23. The Morgan fingerprint density at radius 2 is 2.18 bits per heavy atom. The summed E-state index contributed by atoms with van der Waals surface area (Å²) in [6.45, 7) is 3.81. The van der Waals surface area contributed by atoms with Crippen molar-refractivity contribution in [2.75, 3.05) is 18.5 Å². The van der Waals surface area contributed by atoms with E-state index >= 15 is 0 Å². The lowest BCUT2D eigenvalue weighted by Crippen LogP contribution is -2.21. The van der Waals surface area contributed by atoms with Crippen molar-refractivity contribution in [2.45, 2.75) is 19.9 Å².